The maximum Gasteiger partial charge on any atom is 0.526 e. The van der Waals surface area contributed by atoms with Crippen molar-refractivity contribution in [3.8, 4) is 5.88 Å². The van der Waals surface area contributed by atoms with Gasteiger partial charge >= 0.3 is 7.82 Å². The van der Waals surface area contributed by atoms with Crippen molar-refractivity contribution in [1.82, 2.24) is 66.9 Å². The lowest BCUT2D eigenvalue weighted by molar-refractivity contribution is 0.280. The number of nitrogens with one attached hydrogen (secondary N) is 4. The Hall–Kier alpha value is -3.02. The number of rotatable bonds is 2. The summed E-state index contributed by atoms with van der Waals surface area (Å²) < 4.78 is 15.8. The van der Waals surface area contributed by atoms with Crippen LogP contribution >= 0.6 is 47.8 Å². The molecule has 0 unspecified atom stereocenters. The number of benzene rings is 1. The molecular weight excluding hydrogens is 560 g/mol. The molecule has 0 aliphatic heterocycles. The Morgan fingerprint density at radius 2 is 1.44 bits per heavy atom. The number of aromatic nitrogens is 13. The number of tetrazole rings is 3. The van der Waals surface area contributed by atoms with Gasteiger partial charge in [-0.25, -0.2) is 4.57 Å². The van der Waals surface area contributed by atoms with Gasteiger partial charge < -0.3 is 9.51 Å². The molecular formula is C11H13BrCl2N13O4P. The van der Waals surface area contributed by atoms with Gasteiger partial charge in [0, 0.05) is 9.86 Å². The number of H-pyrrole nitrogens is 4. The summed E-state index contributed by atoms with van der Waals surface area (Å²) in [4.78, 5) is 20.1. The highest BCUT2D eigenvalue weighted by atomic mass is 79.9. The normalized spacial score (nSPS) is 9.75. The van der Waals surface area contributed by atoms with E-state index in [1.54, 1.807) is 18.2 Å². The third-order valence-corrected chi connectivity index (χ3v) is 4.14. The van der Waals surface area contributed by atoms with Crippen LogP contribution in [0.3, 0.4) is 0 Å². The Bertz CT molecular complexity index is 1040. The Morgan fingerprint density at radius 1 is 0.938 bits per heavy atom. The molecule has 1 aromatic carbocycles. The van der Waals surface area contributed by atoms with Gasteiger partial charge in [-0.1, -0.05) is 49.2 Å². The van der Waals surface area contributed by atoms with E-state index in [1.807, 2.05) is 0 Å². The number of hydrogen-bond donors (Lipinski definition) is 6. The average molecular weight is 573 g/mol. The van der Waals surface area contributed by atoms with Gasteiger partial charge in [0.15, 0.2) is 19.0 Å². The first-order valence-corrected chi connectivity index (χ1v) is 10.3. The van der Waals surface area contributed by atoms with Crippen LogP contribution in [-0.2, 0) is 4.57 Å². The van der Waals surface area contributed by atoms with Gasteiger partial charge in [-0.2, -0.15) is 15.6 Å². The van der Waals surface area contributed by atoms with E-state index >= 15 is 0 Å². The van der Waals surface area contributed by atoms with Crippen molar-refractivity contribution in [2.45, 2.75) is 0 Å². The molecule has 172 valence electrons. The summed E-state index contributed by atoms with van der Waals surface area (Å²) in [7, 11) is -4.62. The van der Waals surface area contributed by atoms with Crippen molar-refractivity contribution in [2.24, 2.45) is 0 Å². The largest absolute Gasteiger partial charge is 0.526 e. The summed E-state index contributed by atoms with van der Waals surface area (Å²) in [5.41, 5.74) is 0.628. The van der Waals surface area contributed by atoms with Crippen molar-refractivity contribution in [3.05, 3.63) is 46.7 Å². The number of halogens is 3. The van der Waals surface area contributed by atoms with E-state index in [4.69, 9.17) is 21.4 Å². The van der Waals surface area contributed by atoms with E-state index < -0.39 is 7.82 Å². The number of phosphoric ester groups is 1. The molecule has 0 saturated heterocycles. The van der Waals surface area contributed by atoms with Crippen LogP contribution in [0.2, 0.25) is 5.02 Å². The van der Waals surface area contributed by atoms with E-state index in [9.17, 15) is 4.57 Å². The molecule has 0 atom stereocenters. The summed E-state index contributed by atoms with van der Waals surface area (Å²) >= 11 is 9.23. The van der Waals surface area contributed by atoms with Crippen LogP contribution in [0.15, 0.2) is 41.7 Å². The van der Waals surface area contributed by atoms with Gasteiger partial charge in [0.1, 0.15) is 5.02 Å². The zero-order chi connectivity index (χ0) is 22.5. The summed E-state index contributed by atoms with van der Waals surface area (Å²) in [6, 6.07) is 5.25. The molecule has 6 N–H and O–H groups in total. The second-order valence-corrected chi connectivity index (χ2v) is 7.09. The van der Waals surface area contributed by atoms with Gasteiger partial charge in [-0.05, 0) is 12.1 Å². The zero-order valence-electron chi connectivity index (χ0n) is 15.3. The summed E-state index contributed by atoms with van der Waals surface area (Å²) in [6.07, 6.45) is 4.00. The topological polar surface area (TPSA) is 246 Å². The number of nitrogens with zero attached hydrogens (tertiary/aromatic N) is 9. The van der Waals surface area contributed by atoms with E-state index in [2.05, 4.69) is 87.3 Å². The standard InChI is InChI=1S/C8H6BrClNO4P.3CH2N4.ClH/c9-4-2-1-3-5-6(4)7(10)8(11-5)15-16(12,13)14;3*1-2-4-5-3-1;/h1-3,11H,(H2,12,13,14);3*1H,(H,2,3,4,5);1H. The van der Waals surface area contributed by atoms with E-state index in [-0.39, 0.29) is 23.3 Å². The Balaban J connectivity index is 0.000000259. The highest BCUT2D eigenvalue weighted by Gasteiger charge is 2.21. The Morgan fingerprint density at radius 3 is 1.75 bits per heavy atom. The van der Waals surface area contributed by atoms with Gasteiger partial charge in [0.05, 0.1) is 5.52 Å². The first kappa shape index (κ1) is 27.0. The molecule has 17 nitrogen and oxygen atoms in total. The number of aromatic amines is 4. The van der Waals surface area contributed by atoms with Crippen LogP contribution in [-0.4, -0.2) is 76.6 Å². The molecule has 4 aromatic heterocycles. The van der Waals surface area contributed by atoms with Crippen LogP contribution in [0.1, 0.15) is 0 Å². The number of fused-ring (bicyclic) bond motifs is 1. The Kier molecular flexibility index (Phi) is 11.9. The van der Waals surface area contributed by atoms with Gasteiger partial charge in [0.25, 0.3) is 0 Å². The van der Waals surface area contributed by atoms with Gasteiger partial charge in [0.2, 0.25) is 5.88 Å². The fourth-order valence-electron chi connectivity index (χ4n) is 1.71. The molecule has 0 bridgehead atoms. The van der Waals surface area contributed by atoms with Crippen molar-refractivity contribution in [2.75, 3.05) is 0 Å². The van der Waals surface area contributed by atoms with Crippen LogP contribution in [0.4, 0.5) is 0 Å². The Labute approximate surface area is 196 Å². The maximum atomic E-state index is 10.7. The minimum absolute atomic E-state index is 0. The van der Waals surface area contributed by atoms with E-state index in [0.29, 0.717) is 15.4 Å². The predicted molar refractivity (Wildman–Crippen MR) is 113 cm³/mol. The third-order valence-electron chi connectivity index (χ3n) is 2.70. The van der Waals surface area contributed by atoms with Crippen LogP contribution < -0.4 is 4.52 Å². The average Bonchev–Trinajstić information content (AvgIpc) is 3.52. The molecule has 0 saturated carbocycles. The van der Waals surface area contributed by atoms with Crippen LogP contribution in [0, 0.1) is 0 Å². The molecule has 5 rings (SSSR count). The molecule has 0 fully saturated rings. The lowest BCUT2D eigenvalue weighted by Crippen LogP contribution is -1.90. The third kappa shape index (κ3) is 9.86. The first-order chi connectivity index (χ1) is 14.9. The number of hydrogen-bond acceptors (Lipinski definition) is 11. The first-order valence-electron chi connectivity index (χ1n) is 7.58. The zero-order valence-corrected chi connectivity index (χ0v) is 19.4. The monoisotopic (exact) mass is 571 g/mol. The number of phosphoric acid groups is 1. The summed E-state index contributed by atoms with van der Waals surface area (Å²) in [5.74, 6) is -0.142. The molecule has 5 aromatic rings. The van der Waals surface area contributed by atoms with Crippen molar-refractivity contribution < 1.29 is 18.9 Å². The minimum atomic E-state index is -4.62. The molecule has 0 amide bonds. The molecule has 32 heavy (non-hydrogen) atoms. The smallest absolute Gasteiger partial charge is 0.386 e. The van der Waals surface area contributed by atoms with Gasteiger partial charge in [-0.3, -0.25) is 9.79 Å². The molecule has 0 aliphatic carbocycles. The lowest BCUT2D eigenvalue weighted by Gasteiger charge is -2.03. The van der Waals surface area contributed by atoms with Crippen LogP contribution in [0.25, 0.3) is 10.9 Å². The second-order valence-electron chi connectivity index (χ2n) is 4.69. The molecule has 21 heteroatoms. The van der Waals surface area contributed by atoms with Crippen LogP contribution in [0.5, 0.6) is 5.88 Å². The van der Waals surface area contributed by atoms with E-state index in [0.717, 1.165) is 0 Å². The van der Waals surface area contributed by atoms with E-state index in [1.165, 1.54) is 19.0 Å². The lowest BCUT2D eigenvalue weighted by atomic mass is 10.2. The van der Waals surface area contributed by atoms with Crippen molar-refractivity contribution in [3.63, 3.8) is 0 Å². The highest BCUT2D eigenvalue weighted by molar-refractivity contribution is 9.10. The fourth-order valence-corrected chi connectivity index (χ4v) is 3.11. The minimum Gasteiger partial charge on any atom is -0.386 e. The maximum absolute atomic E-state index is 10.7. The second kappa shape index (κ2) is 14.1. The van der Waals surface area contributed by atoms with Crippen molar-refractivity contribution >= 4 is 58.7 Å². The quantitative estimate of drug-likeness (QED) is 0.162. The fraction of sp³-hybridized carbons (Fsp3) is 0. The molecule has 0 radical (unpaired) electrons. The van der Waals surface area contributed by atoms with Crippen molar-refractivity contribution in [1.29, 1.82) is 0 Å². The van der Waals surface area contributed by atoms with Gasteiger partial charge in [-0.15, -0.1) is 43.0 Å². The summed E-state index contributed by atoms with van der Waals surface area (Å²) in [5, 5.41) is 37.2. The predicted octanol–water partition coefficient (Wildman–Crippen LogP) is 1.08. The molecule has 4 heterocycles. The molecule has 0 spiro atoms. The molecule has 0 aliphatic rings. The SMILES string of the molecule is Cl.O=P(O)(O)Oc1[nH]c2cccc(Br)c2c1Cl.c1nn[nH]n1.c1nn[nH]n1.c1nn[nH]n1. The summed E-state index contributed by atoms with van der Waals surface area (Å²) in [6.45, 7) is 0. The highest BCUT2D eigenvalue weighted by Crippen LogP contribution is 2.44.